The number of carbonyl (C=O) groups is 3. The van der Waals surface area contributed by atoms with E-state index in [9.17, 15) is 14.4 Å². The molecule has 35 heavy (non-hydrogen) atoms. The van der Waals surface area contributed by atoms with Crippen molar-refractivity contribution >= 4 is 47.6 Å². The van der Waals surface area contributed by atoms with E-state index in [-0.39, 0.29) is 24.0 Å². The first kappa shape index (κ1) is 24.9. The van der Waals surface area contributed by atoms with Crippen LogP contribution in [0.5, 0.6) is 0 Å². The molecule has 4 rings (SSSR count). The summed E-state index contributed by atoms with van der Waals surface area (Å²) in [5.41, 5.74) is 1.31. The summed E-state index contributed by atoms with van der Waals surface area (Å²) < 4.78 is 1.64. The van der Waals surface area contributed by atoms with Gasteiger partial charge in [0.25, 0.3) is 5.91 Å². The van der Waals surface area contributed by atoms with E-state index in [2.05, 4.69) is 15.6 Å². The number of aldehydes is 1. The number of hydrogen-bond acceptors (Lipinski definition) is 5. The van der Waals surface area contributed by atoms with Crippen molar-refractivity contribution in [3.63, 3.8) is 0 Å². The Hall–Kier alpha value is -3.20. The number of anilines is 1. The number of rotatable bonds is 9. The standard InChI is InChI=1S/C25H25Cl2N5O3/c26-18-5-7-19(8-6-18)32-22(25(35)31(13-14-33)15-17-9-11-28-12-10-17)23(29-16-34)30-24(32)20-3-1-2-4-21(20)27/h1-8,14,16-17,28H,9-13,15H2,(H,29,34). The van der Waals surface area contributed by atoms with Crippen LogP contribution in [0.25, 0.3) is 17.1 Å². The van der Waals surface area contributed by atoms with Crippen LogP contribution >= 0.6 is 23.2 Å². The summed E-state index contributed by atoms with van der Waals surface area (Å²) in [6.45, 7) is 2.08. The van der Waals surface area contributed by atoms with Crippen LogP contribution in [-0.4, -0.2) is 59.2 Å². The summed E-state index contributed by atoms with van der Waals surface area (Å²) in [5.74, 6) is 0.299. The van der Waals surface area contributed by atoms with Gasteiger partial charge in [-0.05, 0) is 68.2 Å². The molecule has 2 N–H and O–H groups in total. The van der Waals surface area contributed by atoms with Gasteiger partial charge in [-0.1, -0.05) is 35.3 Å². The predicted molar refractivity (Wildman–Crippen MR) is 136 cm³/mol. The highest BCUT2D eigenvalue weighted by atomic mass is 35.5. The van der Waals surface area contributed by atoms with Crippen molar-refractivity contribution in [1.82, 2.24) is 19.8 Å². The maximum absolute atomic E-state index is 14.0. The second kappa shape index (κ2) is 11.5. The van der Waals surface area contributed by atoms with E-state index in [4.69, 9.17) is 23.2 Å². The lowest BCUT2D eigenvalue weighted by molar-refractivity contribution is -0.108. The molecular weight excluding hydrogens is 489 g/mol. The fourth-order valence-electron chi connectivity index (χ4n) is 4.29. The lowest BCUT2D eigenvalue weighted by Gasteiger charge is -2.29. The third-order valence-corrected chi connectivity index (χ3v) is 6.58. The molecule has 10 heteroatoms. The molecule has 1 aromatic heterocycles. The first-order chi connectivity index (χ1) is 17.0. The van der Waals surface area contributed by atoms with Crippen molar-refractivity contribution < 1.29 is 14.4 Å². The van der Waals surface area contributed by atoms with Crippen LogP contribution in [0.4, 0.5) is 5.82 Å². The van der Waals surface area contributed by atoms with E-state index in [0.717, 1.165) is 25.9 Å². The van der Waals surface area contributed by atoms with Gasteiger partial charge >= 0.3 is 0 Å². The minimum absolute atomic E-state index is 0.0729. The molecule has 1 aliphatic heterocycles. The highest BCUT2D eigenvalue weighted by Crippen LogP contribution is 2.34. The maximum atomic E-state index is 14.0. The van der Waals surface area contributed by atoms with Gasteiger partial charge in [0.1, 0.15) is 12.1 Å². The number of nitrogens with zero attached hydrogens (tertiary/aromatic N) is 3. The van der Waals surface area contributed by atoms with Gasteiger partial charge in [0, 0.05) is 22.8 Å². The summed E-state index contributed by atoms with van der Waals surface area (Å²) in [4.78, 5) is 43.1. The molecule has 0 unspecified atom stereocenters. The van der Waals surface area contributed by atoms with E-state index >= 15 is 0 Å². The van der Waals surface area contributed by atoms with Crippen LogP contribution in [0, 0.1) is 5.92 Å². The monoisotopic (exact) mass is 513 g/mol. The van der Waals surface area contributed by atoms with Crippen molar-refractivity contribution in [2.45, 2.75) is 12.8 Å². The Labute approximate surface area is 213 Å². The predicted octanol–water partition coefficient (Wildman–Crippen LogP) is 4.06. The molecule has 0 atom stereocenters. The Morgan fingerprint density at radius 1 is 1.11 bits per heavy atom. The fourth-order valence-corrected chi connectivity index (χ4v) is 4.64. The molecule has 0 bridgehead atoms. The lowest BCUT2D eigenvalue weighted by Crippen LogP contribution is -2.41. The molecule has 2 aromatic carbocycles. The Bertz CT molecular complexity index is 1210. The highest BCUT2D eigenvalue weighted by Gasteiger charge is 2.30. The zero-order valence-electron chi connectivity index (χ0n) is 18.9. The van der Waals surface area contributed by atoms with E-state index in [0.29, 0.717) is 46.4 Å². The van der Waals surface area contributed by atoms with Crippen LogP contribution in [0.15, 0.2) is 48.5 Å². The van der Waals surface area contributed by atoms with Crippen molar-refractivity contribution in [2.75, 3.05) is 31.5 Å². The Morgan fingerprint density at radius 3 is 2.49 bits per heavy atom. The number of hydrogen-bond donors (Lipinski definition) is 2. The number of imidazole rings is 1. The normalized spacial score (nSPS) is 13.9. The minimum atomic E-state index is -0.416. The van der Waals surface area contributed by atoms with Crippen molar-refractivity contribution in [3.05, 3.63) is 64.3 Å². The highest BCUT2D eigenvalue weighted by molar-refractivity contribution is 6.33. The number of piperidine rings is 1. The molecule has 0 aliphatic carbocycles. The topological polar surface area (TPSA) is 96.3 Å². The van der Waals surface area contributed by atoms with Crippen LogP contribution in [0.3, 0.4) is 0 Å². The first-order valence-electron chi connectivity index (χ1n) is 11.3. The van der Waals surface area contributed by atoms with Crippen molar-refractivity contribution in [3.8, 4) is 17.1 Å². The molecule has 0 spiro atoms. The Balaban J connectivity index is 1.88. The van der Waals surface area contributed by atoms with Gasteiger partial charge in [-0.25, -0.2) is 4.98 Å². The number of amides is 2. The second-order valence-electron chi connectivity index (χ2n) is 8.26. The largest absolute Gasteiger partial charge is 0.330 e. The summed E-state index contributed by atoms with van der Waals surface area (Å²) in [6.07, 6.45) is 3.00. The maximum Gasteiger partial charge on any atom is 0.275 e. The third kappa shape index (κ3) is 5.56. The van der Waals surface area contributed by atoms with Crippen LogP contribution in [0.1, 0.15) is 23.3 Å². The number of carbonyl (C=O) groups excluding carboxylic acids is 3. The van der Waals surface area contributed by atoms with Gasteiger partial charge < -0.3 is 20.3 Å². The molecule has 1 fully saturated rings. The average Bonchev–Trinajstić information content (AvgIpc) is 3.24. The van der Waals surface area contributed by atoms with Crippen LogP contribution in [0.2, 0.25) is 10.0 Å². The summed E-state index contributed by atoms with van der Waals surface area (Å²) >= 11 is 12.6. The van der Waals surface area contributed by atoms with Gasteiger partial charge in [-0.15, -0.1) is 0 Å². The third-order valence-electron chi connectivity index (χ3n) is 5.99. The minimum Gasteiger partial charge on any atom is -0.330 e. The SMILES string of the molecule is O=CCN(CC1CCNCC1)C(=O)c1c(NC=O)nc(-c2ccccc2Cl)n1-c1ccc(Cl)cc1. The van der Waals surface area contributed by atoms with E-state index < -0.39 is 5.91 Å². The molecule has 2 heterocycles. The van der Waals surface area contributed by atoms with Crippen LogP contribution in [-0.2, 0) is 9.59 Å². The van der Waals surface area contributed by atoms with Crippen molar-refractivity contribution in [1.29, 1.82) is 0 Å². The lowest BCUT2D eigenvalue weighted by atomic mass is 9.97. The molecule has 3 aromatic rings. The number of aromatic nitrogens is 2. The fraction of sp³-hybridized carbons (Fsp3) is 0.280. The molecular formula is C25H25Cl2N5O3. The molecule has 2 amide bonds. The van der Waals surface area contributed by atoms with Gasteiger partial charge in [0.15, 0.2) is 11.5 Å². The van der Waals surface area contributed by atoms with E-state index in [1.54, 1.807) is 47.0 Å². The quantitative estimate of drug-likeness (QED) is 0.420. The number of nitrogens with one attached hydrogen (secondary N) is 2. The van der Waals surface area contributed by atoms with E-state index in [1.165, 1.54) is 4.90 Å². The molecule has 0 saturated carbocycles. The van der Waals surface area contributed by atoms with Crippen molar-refractivity contribution in [2.24, 2.45) is 5.92 Å². The first-order valence-corrected chi connectivity index (χ1v) is 12.1. The summed E-state index contributed by atoms with van der Waals surface area (Å²) in [5, 5.41) is 6.83. The van der Waals surface area contributed by atoms with Gasteiger partial charge in [0.2, 0.25) is 6.41 Å². The second-order valence-corrected chi connectivity index (χ2v) is 9.10. The summed E-state index contributed by atoms with van der Waals surface area (Å²) in [6, 6.07) is 14.0. The molecule has 1 aliphatic rings. The molecule has 1 saturated heterocycles. The van der Waals surface area contributed by atoms with Gasteiger partial charge in [0.05, 0.1) is 11.6 Å². The molecule has 8 nitrogen and oxygen atoms in total. The zero-order chi connectivity index (χ0) is 24.8. The average molecular weight is 514 g/mol. The number of benzene rings is 2. The Kier molecular flexibility index (Phi) is 8.17. The Morgan fingerprint density at radius 2 is 1.83 bits per heavy atom. The van der Waals surface area contributed by atoms with Gasteiger partial charge in [-0.2, -0.15) is 0 Å². The summed E-state index contributed by atoms with van der Waals surface area (Å²) in [7, 11) is 0. The smallest absolute Gasteiger partial charge is 0.275 e. The van der Waals surface area contributed by atoms with E-state index in [1.807, 2.05) is 6.07 Å². The molecule has 0 radical (unpaired) electrons. The molecule has 182 valence electrons. The number of halogens is 2. The van der Waals surface area contributed by atoms with Crippen LogP contribution < -0.4 is 10.6 Å². The van der Waals surface area contributed by atoms with Gasteiger partial charge in [-0.3, -0.25) is 14.2 Å². The zero-order valence-corrected chi connectivity index (χ0v) is 20.4.